The normalized spacial score (nSPS) is 17.7. The Morgan fingerprint density at radius 3 is 2.52 bits per heavy atom. The van der Waals surface area contributed by atoms with Gasteiger partial charge in [0.05, 0.1) is 12.2 Å². The van der Waals surface area contributed by atoms with Gasteiger partial charge in [-0.2, -0.15) is 0 Å². The maximum atomic E-state index is 12.7. The molecule has 0 spiro atoms. The van der Waals surface area contributed by atoms with E-state index < -0.39 is 26.6 Å². The minimum atomic E-state index is -3.57. The number of aliphatic hydroxyl groups excluding tert-OH is 1. The Kier molecular flexibility index (Phi) is 8.53. The lowest BCUT2D eigenvalue weighted by atomic mass is 9.95. The van der Waals surface area contributed by atoms with Crippen LogP contribution >= 0.6 is 12.4 Å². The third-order valence-electron chi connectivity index (χ3n) is 4.61. The molecule has 1 fully saturated rings. The summed E-state index contributed by atoms with van der Waals surface area (Å²) in [5.74, 6) is 0.0870. The van der Waals surface area contributed by atoms with Gasteiger partial charge in [-0.3, -0.25) is 4.79 Å². The average Bonchev–Trinajstić information content (AvgIpc) is 2.58. The van der Waals surface area contributed by atoms with E-state index in [1.807, 2.05) is 13.8 Å². The number of carbonyl (C=O) groups is 1. The van der Waals surface area contributed by atoms with Crippen molar-refractivity contribution in [1.29, 1.82) is 0 Å². The molecule has 1 aromatic carbocycles. The number of halogens is 1. The minimum Gasteiger partial charge on any atom is -0.491 e. The minimum absolute atomic E-state index is 0. The highest BCUT2D eigenvalue weighted by Crippen LogP contribution is 2.28. The highest BCUT2D eigenvalue weighted by Gasteiger charge is 2.48. The van der Waals surface area contributed by atoms with Crippen molar-refractivity contribution in [2.45, 2.75) is 43.6 Å². The molecule has 1 atom stereocenters. The number of hydrogen-bond acceptors (Lipinski definition) is 6. The van der Waals surface area contributed by atoms with E-state index in [1.165, 1.54) is 0 Å². The van der Waals surface area contributed by atoms with E-state index >= 15 is 0 Å². The van der Waals surface area contributed by atoms with Gasteiger partial charge >= 0.3 is 0 Å². The molecule has 1 aliphatic rings. The summed E-state index contributed by atoms with van der Waals surface area (Å²) < 4.78 is 28.7. The summed E-state index contributed by atoms with van der Waals surface area (Å²) in [6.45, 7) is 4.70. The Morgan fingerprint density at radius 2 is 1.96 bits per heavy atom. The SMILES string of the molecule is CC(C)Oc1cccc(C(O)CNC(=O)C2(S(C)(=O)=O)CCNCC2)c1.Cl. The first-order chi connectivity index (χ1) is 12.2. The van der Waals surface area contributed by atoms with E-state index in [9.17, 15) is 18.3 Å². The van der Waals surface area contributed by atoms with Crippen molar-refractivity contribution in [3.8, 4) is 5.75 Å². The van der Waals surface area contributed by atoms with Crippen LogP contribution in [0.25, 0.3) is 0 Å². The number of hydrogen-bond donors (Lipinski definition) is 3. The summed E-state index contributed by atoms with van der Waals surface area (Å²) in [5, 5.41) is 16.1. The fourth-order valence-electron chi connectivity index (χ4n) is 3.13. The topological polar surface area (TPSA) is 105 Å². The Labute approximate surface area is 167 Å². The van der Waals surface area contributed by atoms with Gasteiger partial charge in [0.25, 0.3) is 0 Å². The van der Waals surface area contributed by atoms with E-state index in [-0.39, 0.29) is 37.9 Å². The van der Waals surface area contributed by atoms with Gasteiger partial charge in [0.15, 0.2) is 14.6 Å². The molecule has 0 saturated carbocycles. The van der Waals surface area contributed by atoms with Crippen LogP contribution in [-0.4, -0.2) is 56.2 Å². The standard InChI is InChI=1S/C18H28N2O5S.ClH/c1-13(2)25-15-6-4-5-14(11-15)16(21)12-20-17(22)18(26(3,23)24)7-9-19-10-8-18;/h4-6,11,13,16,19,21H,7-10,12H2,1-3H3,(H,20,22);1H. The molecular weight excluding hydrogens is 392 g/mol. The van der Waals surface area contributed by atoms with Gasteiger partial charge < -0.3 is 20.5 Å². The van der Waals surface area contributed by atoms with Crippen molar-refractivity contribution in [3.63, 3.8) is 0 Å². The van der Waals surface area contributed by atoms with Crippen molar-refractivity contribution in [1.82, 2.24) is 10.6 Å². The lowest BCUT2D eigenvalue weighted by molar-refractivity contribution is -0.124. The zero-order chi connectivity index (χ0) is 19.4. The van der Waals surface area contributed by atoms with Gasteiger partial charge in [-0.1, -0.05) is 12.1 Å². The van der Waals surface area contributed by atoms with Crippen LogP contribution in [0.4, 0.5) is 0 Å². The Balaban J connectivity index is 0.00000364. The number of aliphatic hydroxyl groups is 1. The summed E-state index contributed by atoms with van der Waals surface area (Å²) in [7, 11) is -3.57. The van der Waals surface area contributed by atoms with Gasteiger partial charge in [-0.15, -0.1) is 12.4 Å². The van der Waals surface area contributed by atoms with Crippen LogP contribution in [0.15, 0.2) is 24.3 Å². The number of rotatable bonds is 7. The number of ether oxygens (including phenoxy) is 1. The number of sulfone groups is 1. The molecule has 7 nitrogen and oxygen atoms in total. The molecule has 154 valence electrons. The van der Waals surface area contributed by atoms with Gasteiger partial charge in [0.2, 0.25) is 5.91 Å². The van der Waals surface area contributed by atoms with Crippen LogP contribution in [0.3, 0.4) is 0 Å². The summed E-state index contributed by atoms with van der Waals surface area (Å²) in [6.07, 6.45) is 0.613. The predicted molar refractivity (Wildman–Crippen MR) is 107 cm³/mol. The first-order valence-corrected chi connectivity index (χ1v) is 10.7. The predicted octanol–water partition coefficient (Wildman–Crippen LogP) is 1.21. The second-order valence-electron chi connectivity index (χ2n) is 6.98. The second kappa shape index (κ2) is 9.73. The molecule has 1 aliphatic heterocycles. The zero-order valence-electron chi connectivity index (χ0n) is 15.9. The smallest absolute Gasteiger partial charge is 0.241 e. The number of benzene rings is 1. The largest absolute Gasteiger partial charge is 0.491 e. The highest BCUT2D eigenvalue weighted by atomic mass is 35.5. The molecule has 0 aromatic heterocycles. The summed E-state index contributed by atoms with van der Waals surface area (Å²) >= 11 is 0. The molecule has 1 heterocycles. The van der Waals surface area contributed by atoms with E-state index in [2.05, 4.69) is 10.6 Å². The lowest BCUT2D eigenvalue weighted by Crippen LogP contribution is -2.57. The summed E-state index contributed by atoms with van der Waals surface area (Å²) in [4.78, 5) is 12.7. The molecule has 1 saturated heterocycles. The van der Waals surface area contributed by atoms with Crippen molar-refractivity contribution >= 4 is 28.2 Å². The Morgan fingerprint density at radius 1 is 1.33 bits per heavy atom. The Hall–Kier alpha value is -1.35. The molecule has 2 rings (SSSR count). The molecule has 27 heavy (non-hydrogen) atoms. The van der Waals surface area contributed by atoms with Gasteiger partial charge in [-0.05, 0) is 57.5 Å². The third-order valence-corrected chi connectivity index (χ3v) is 6.62. The third kappa shape index (κ3) is 5.81. The fourth-order valence-corrected chi connectivity index (χ4v) is 4.49. The monoisotopic (exact) mass is 420 g/mol. The molecule has 0 radical (unpaired) electrons. The van der Waals surface area contributed by atoms with Crippen molar-refractivity contribution in [2.24, 2.45) is 0 Å². The van der Waals surface area contributed by atoms with Gasteiger partial charge in [0.1, 0.15) is 5.75 Å². The average molecular weight is 421 g/mol. The molecule has 1 amide bonds. The molecule has 0 aliphatic carbocycles. The van der Waals surface area contributed by atoms with Crippen LogP contribution in [0.2, 0.25) is 0 Å². The first kappa shape index (κ1) is 23.7. The first-order valence-electron chi connectivity index (χ1n) is 8.79. The van der Waals surface area contributed by atoms with E-state index in [0.717, 1.165) is 6.26 Å². The van der Waals surface area contributed by atoms with Crippen molar-refractivity contribution < 1.29 is 23.1 Å². The maximum absolute atomic E-state index is 12.7. The van der Waals surface area contributed by atoms with E-state index in [1.54, 1.807) is 24.3 Å². The molecule has 1 aromatic rings. The number of carbonyl (C=O) groups excluding carboxylic acids is 1. The van der Waals surface area contributed by atoms with Crippen molar-refractivity contribution in [2.75, 3.05) is 25.9 Å². The van der Waals surface area contributed by atoms with Crippen LogP contribution < -0.4 is 15.4 Å². The van der Waals surface area contributed by atoms with Gasteiger partial charge in [-0.25, -0.2) is 8.42 Å². The fraction of sp³-hybridized carbons (Fsp3) is 0.611. The van der Waals surface area contributed by atoms with E-state index in [0.29, 0.717) is 24.4 Å². The van der Waals surface area contributed by atoms with Crippen molar-refractivity contribution in [3.05, 3.63) is 29.8 Å². The molecule has 9 heteroatoms. The molecule has 3 N–H and O–H groups in total. The molecule has 0 bridgehead atoms. The van der Waals surface area contributed by atoms with Crippen LogP contribution in [-0.2, 0) is 14.6 Å². The number of piperidine rings is 1. The summed E-state index contributed by atoms with van der Waals surface area (Å²) in [5.41, 5.74) is 0.599. The summed E-state index contributed by atoms with van der Waals surface area (Å²) in [6, 6.07) is 7.01. The lowest BCUT2D eigenvalue weighted by Gasteiger charge is -2.34. The van der Waals surface area contributed by atoms with Crippen LogP contribution in [0.5, 0.6) is 5.75 Å². The second-order valence-corrected chi connectivity index (χ2v) is 9.31. The maximum Gasteiger partial charge on any atom is 0.241 e. The highest BCUT2D eigenvalue weighted by molar-refractivity contribution is 7.92. The van der Waals surface area contributed by atoms with Crippen LogP contribution in [0, 0.1) is 0 Å². The van der Waals surface area contributed by atoms with Gasteiger partial charge in [0, 0.05) is 12.8 Å². The quantitative estimate of drug-likeness (QED) is 0.612. The molecular formula is C18H29ClN2O5S. The zero-order valence-corrected chi connectivity index (χ0v) is 17.5. The Bertz CT molecular complexity index is 733. The number of nitrogens with one attached hydrogen (secondary N) is 2. The van der Waals surface area contributed by atoms with E-state index in [4.69, 9.17) is 4.74 Å². The van der Waals surface area contributed by atoms with Crippen LogP contribution in [0.1, 0.15) is 38.4 Å². The number of amides is 1. The molecule has 1 unspecified atom stereocenters.